The van der Waals surface area contributed by atoms with Crippen LogP contribution in [0.3, 0.4) is 0 Å². The topological polar surface area (TPSA) is 18.5 Å². The maximum Gasteiger partial charge on any atom is 0.0393 e. The van der Waals surface area contributed by atoms with Crippen LogP contribution in [-0.4, -0.2) is 44.2 Å². The lowest BCUT2D eigenvalue weighted by Gasteiger charge is -2.37. The van der Waals surface area contributed by atoms with Crippen LogP contribution in [-0.2, 0) is 6.42 Å². The average molecular weight is 273 g/mol. The number of hydrogen-bond acceptors (Lipinski definition) is 3. The number of hydrogen-bond donors (Lipinski definition) is 1. The molecule has 0 radical (unpaired) electrons. The second-order valence-electron chi connectivity index (χ2n) is 6.15. The molecule has 2 aliphatic heterocycles. The van der Waals surface area contributed by atoms with E-state index in [2.05, 4.69) is 47.3 Å². The second kappa shape index (κ2) is 6.04. The lowest BCUT2D eigenvalue weighted by molar-refractivity contribution is 0.221. The summed E-state index contributed by atoms with van der Waals surface area (Å²) in [5, 5.41) is 3.54. The Morgan fingerprint density at radius 2 is 2.10 bits per heavy atom. The van der Waals surface area contributed by atoms with E-state index in [-0.39, 0.29) is 0 Å². The van der Waals surface area contributed by atoms with Crippen molar-refractivity contribution in [3.8, 4) is 0 Å². The Bertz CT molecular complexity index is 450. The number of benzene rings is 1. The summed E-state index contributed by atoms with van der Waals surface area (Å²) in [6.07, 6.45) is 5.06. The van der Waals surface area contributed by atoms with E-state index in [1.165, 1.54) is 62.3 Å². The van der Waals surface area contributed by atoms with Crippen LogP contribution in [0.5, 0.6) is 0 Å². The zero-order valence-electron chi connectivity index (χ0n) is 12.9. The van der Waals surface area contributed by atoms with Gasteiger partial charge in [-0.3, -0.25) is 0 Å². The van der Waals surface area contributed by atoms with Crippen molar-refractivity contribution in [2.75, 3.05) is 43.4 Å². The van der Waals surface area contributed by atoms with Crippen LogP contribution in [0.25, 0.3) is 0 Å². The largest absolute Gasteiger partial charge is 0.385 e. The van der Waals surface area contributed by atoms with Crippen molar-refractivity contribution >= 4 is 11.4 Å². The van der Waals surface area contributed by atoms with Gasteiger partial charge in [-0.2, -0.15) is 0 Å². The van der Waals surface area contributed by atoms with E-state index in [0.717, 1.165) is 6.54 Å². The number of nitrogens with one attached hydrogen (secondary N) is 1. The average Bonchev–Trinajstić information content (AvgIpc) is 2.54. The van der Waals surface area contributed by atoms with E-state index in [9.17, 15) is 0 Å². The maximum absolute atomic E-state index is 3.54. The van der Waals surface area contributed by atoms with Gasteiger partial charge in [0.1, 0.15) is 0 Å². The molecular weight excluding hydrogens is 246 g/mol. The number of fused-ring (bicyclic) bond motifs is 1. The number of piperidine rings is 1. The Labute approximate surface area is 123 Å². The summed E-state index contributed by atoms with van der Waals surface area (Å²) >= 11 is 0. The molecule has 0 unspecified atom stereocenters. The van der Waals surface area contributed by atoms with Crippen molar-refractivity contribution < 1.29 is 0 Å². The monoisotopic (exact) mass is 273 g/mol. The minimum atomic E-state index is 0.694. The second-order valence-corrected chi connectivity index (χ2v) is 6.15. The third kappa shape index (κ3) is 2.78. The maximum atomic E-state index is 3.54. The van der Waals surface area contributed by atoms with Gasteiger partial charge in [0.2, 0.25) is 0 Å². The first-order valence-corrected chi connectivity index (χ1v) is 8.10. The highest BCUT2D eigenvalue weighted by Crippen LogP contribution is 2.29. The first-order valence-electron chi connectivity index (χ1n) is 8.10. The third-order valence-electron chi connectivity index (χ3n) is 4.99. The fourth-order valence-corrected chi connectivity index (χ4v) is 3.50. The van der Waals surface area contributed by atoms with E-state index in [4.69, 9.17) is 0 Å². The van der Waals surface area contributed by atoms with Gasteiger partial charge in [-0.05, 0) is 49.9 Å². The van der Waals surface area contributed by atoms with Gasteiger partial charge in [0.05, 0.1) is 0 Å². The Morgan fingerprint density at radius 1 is 1.30 bits per heavy atom. The quantitative estimate of drug-likeness (QED) is 0.913. The van der Waals surface area contributed by atoms with E-state index in [0.29, 0.717) is 6.04 Å². The summed E-state index contributed by atoms with van der Waals surface area (Å²) in [4.78, 5) is 5.04. The van der Waals surface area contributed by atoms with Crippen molar-refractivity contribution in [2.24, 2.45) is 0 Å². The molecule has 0 aromatic heterocycles. The summed E-state index contributed by atoms with van der Waals surface area (Å²) < 4.78 is 0. The molecule has 0 bridgehead atoms. The molecule has 3 rings (SSSR count). The molecule has 3 nitrogen and oxygen atoms in total. The Hall–Kier alpha value is -1.22. The van der Waals surface area contributed by atoms with Gasteiger partial charge in [0.15, 0.2) is 0 Å². The SMILES string of the molecule is CCN1CCC(N(C)c2ccc3c(c2)NCCC3)CC1. The molecular formula is C17H27N3. The van der Waals surface area contributed by atoms with Gasteiger partial charge < -0.3 is 15.1 Å². The van der Waals surface area contributed by atoms with Crippen molar-refractivity contribution in [1.82, 2.24) is 4.90 Å². The Balaban J connectivity index is 1.69. The molecule has 0 amide bonds. The Morgan fingerprint density at radius 3 is 2.85 bits per heavy atom. The molecule has 0 atom stereocenters. The molecule has 1 saturated heterocycles. The van der Waals surface area contributed by atoms with E-state index < -0.39 is 0 Å². The number of nitrogens with zero attached hydrogens (tertiary/aromatic N) is 2. The van der Waals surface area contributed by atoms with Crippen LogP contribution in [0, 0.1) is 0 Å². The normalized spacial score (nSPS) is 20.3. The van der Waals surface area contributed by atoms with Crippen LogP contribution in [0.4, 0.5) is 11.4 Å². The molecule has 0 aliphatic carbocycles. The Kier molecular flexibility index (Phi) is 4.16. The highest BCUT2D eigenvalue weighted by Gasteiger charge is 2.22. The third-order valence-corrected chi connectivity index (χ3v) is 4.99. The van der Waals surface area contributed by atoms with Crippen molar-refractivity contribution in [1.29, 1.82) is 0 Å². The highest BCUT2D eigenvalue weighted by molar-refractivity contribution is 5.63. The number of anilines is 2. The smallest absolute Gasteiger partial charge is 0.0393 e. The molecule has 110 valence electrons. The molecule has 0 saturated carbocycles. The fourth-order valence-electron chi connectivity index (χ4n) is 3.50. The summed E-state index contributed by atoms with van der Waals surface area (Å²) in [6.45, 7) is 7.07. The van der Waals surface area contributed by atoms with Gasteiger partial charge >= 0.3 is 0 Å². The van der Waals surface area contributed by atoms with Crippen LogP contribution >= 0.6 is 0 Å². The summed E-state index contributed by atoms with van der Waals surface area (Å²) in [6, 6.07) is 7.66. The number of rotatable bonds is 3. The van der Waals surface area contributed by atoms with Crippen LogP contribution in [0.1, 0.15) is 31.7 Å². The van der Waals surface area contributed by atoms with Crippen LogP contribution in [0.2, 0.25) is 0 Å². The van der Waals surface area contributed by atoms with Crippen molar-refractivity contribution in [2.45, 2.75) is 38.6 Å². The fraction of sp³-hybridized carbons (Fsp3) is 0.647. The molecule has 1 fully saturated rings. The minimum Gasteiger partial charge on any atom is -0.385 e. The predicted octanol–water partition coefficient (Wildman–Crippen LogP) is 2.97. The highest BCUT2D eigenvalue weighted by atomic mass is 15.2. The summed E-state index contributed by atoms with van der Waals surface area (Å²) in [5.41, 5.74) is 4.20. The first-order chi connectivity index (χ1) is 9.78. The van der Waals surface area contributed by atoms with Gasteiger partial charge in [0, 0.05) is 44.1 Å². The van der Waals surface area contributed by atoms with Gasteiger partial charge in [-0.1, -0.05) is 13.0 Å². The molecule has 1 N–H and O–H groups in total. The molecule has 2 heterocycles. The lowest BCUT2D eigenvalue weighted by atomic mass is 10.0. The van der Waals surface area contributed by atoms with Crippen LogP contribution < -0.4 is 10.2 Å². The molecule has 1 aromatic rings. The summed E-state index contributed by atoms with van der Waals surface area (Å²) in [7, 11) is 2.26. The van der Waals surface area contributed by atoms with Gasteiger partial charge in [0.25, 0.3) is 0 Å². The summed E-state index contributed by atoms with van der Waals surface area (Å²) in [5.74, 6) is 0. The van der Waals surface area contributed by atoms with Crippen LogP contribution in [0.15, 0.2) is 18.2 Å². The lowest BCUT2D eigenvalue weighted by Crippen LogP contribution is -2.43. The number of likely N-dealkylation sites (tertiary alicyclic amines) is 1. The standard InChI is InChI=1S/C17H27N3/c1-3-20-11-8-15(9-12-20)19(2)16-7-6-14-5-4-10-18-17(14)13-16/h6-7,13,15,18H,3-5,8-12H2,1-2H3. The van der Waals surface area contributed by atoms with Gasteiger partial charge in [-0.15, -0.1) is 0 Å². The van der Waals surface area contributed by atoms with Crippen molar-refractivity contribution in [3.05, 3.63) is 23.8 Å². The molecule has 20 heavy (non-hydrogen) atoms. The van der Waals surface area contributed by atoms with E-state index in [1.807, 2.05) is 0 Å². The van der Waals surface area contributed by atoms with Gasteiger partial charge in [-0.25, -0.2) is 0 Å². The molecule has 0 spiro atoms. The zero-order chi connectivity index (χ0) is 13.9. The minimum absolute atomic E-state index is 0.694. The van der Waals surface area contributed by atoms with Crippen molar-refractivity contribution in [3.63, 3.8) is 0 Å². The predicted molar refractivity (Wildman–Crippen MR) is 86.8 cm³/mol. The molecule has 3 heteroatoms. The zero-order valence-corrected chi connectivity index (χ0v) is 12.9. The first kappa shape index (κ1) is 13.7. The van der Waals surface area contributed by atoms with E-state index in [1.54, 1.807) is 0 Å². The number of aryl methyl sites for hydroxylation is 1. The molecule has 2 aliphatic rings. The molecule has 1 aromatic carbocycles. The van der Waals surface area contributed by atoms with E-state index >= 15 is 0 Å².